The van der Waals surface area contributed by atoms with E-state index >= 15 is 0 Å². The smallest absolute Gasteiger partial charge is 0.280 e. The van der Waals surface area contributed by atoms with Crippen molar-refractivity contribution >= 4 is 22.5 Å². The molecule has 0 aliphatic rings. The Morgan fingerprint density at radius 1 is 1.53 bits per heavy atom. The highest BCUT2D eigenvalue weighted by atomic mass is 16.6. The van der Waals surface area contributed by atoms with Crippen molar-refractivity contribution in [3.8, 4) is 5.75 Å². The maximum atomic E-state index is 10.7. The number of benzene rings is 1. The van der Waals surface area contributed by atoms with E-state index < -0.39 is 4.92 Å². The van der Waals surface area contributed by atoms with E-state index in [0.29, 0.717) is 16.7 Å². The van der Waals surface area contributed by atoms with E-state index in [-0.39, 0.29) is 11.6 Å². The third-order valence-electron chi connectivity index (χ3n) is 2.06. The molecule has 0 spiro atoms. The van der Waals surface area contributed by atoms with Crippen LogP contribution in [0.5, 0.6) is 5.75 Å². The van der Waals surface area contributed by atoms with Crippen molar-refractivity contribution in [1.82, 2.24) is 0 Å². The van der Waals surface area contributed by atoms with E-state index in [1.807, 2.05) is 0 Å². The van der Waals surface area contributed by atoms with Crippen LogP contribution >= 0.6 is 0 Å². The first-order valence-electron chi connectivity index (χ1n) is 4.14. The molecule has 0 aliphatic carbocycles. The quantitative estimate of drug-likeness (QED) is 0.601. The number of non-ortho nitro benzene ring substituents is 1. The summed E-state index contributed by atoms with van der Waals surface area (Å²) in [6, 6.07) is 4.25. The monoisotopic (exact) mass is 208 g/mol. The fourth-order valence-corrected chi connectivity index (χ4v) is 1.42. The van der Waals surface area contributed by atoms with Gasteiger partial charge in [0.05, 0.1) is 12.0 Å². The minimum Gasteiger partial charge on any atom is -0.493 e. The first-order valence-corrected chi connectivity index (χ1v) is 4.14. The fraction of sp³-hybridized carbons (Fsp3) is 0.111. The van der Waals surface area contributed by atoms with Gasteiger partial charge < -0.3 is 14.9 Å². The molecule has 15 heavy (non-hydrogen) atoms. The average molecular weight is 208 g/mol. The van der Waals surface area contributed by atoms with Gasteiger partial charge in [-0.15, -0.1) is 0 Å². The first kappa shape index (κ1) is 9.32. The molecule has 0 amide bonds. The number of nitro benzene ring substituents is 1. The number of nitro groups is 1. The molecule has 0 unspecified atom stereocenters. The number of hydrogen-bond donors (Lipinski definition) is 1. The van der Waals surface area contributed by atoms with Gasteiger partial charge in [-0.3, -0.25) is 10.1 Å². The van der Waals surface area contributed by atoms with Crippen LogP contribution in [0, 0.1) is 10.1 Å². The van der Waals surface area contributed by atoms with Gasteiger partial charge in [-0.05, 0) is 6.07 Å². The second-order valence-electron chi connectivity index (χ2n) is 2.94. The normalized spacial score (nSPS) is 10.5. The number of rotatable bonds is 2. The Morgan fingerprint density at radius 3 is 2.87 bits per heavy atom. The summed E-state index contributed by atoms with van der Waals surface area (Å²) in [5.74, 6) is 0.546. The Hall–Kier alpha value is -2.24. The number of fused-ring (bicyclic) bond motifs is 1. The topological polar surface area (TPSA) is 91.5 Å². The number of anilines is 1. The molecule has 1 aromatic carbocycles. The summed E-state index contributed by atoms with van der Waals surface area (Å²) in [4.78, 5) is 10.2. The molecule has 2 rings (SSSR count). The van der Waals surface area contributed by atoms with E-state index in [0.717, 1.165) is 0 Å². The number of nitrogens with zero attached hydrogens (tertiary/aromatic N) is 1. The third-order valence-corrected chi connectivity index (χ3v) is 2.06. The van der Waals surface area contributed by atoms with Crippen LogP contribution in [0.15, 0.2) is 22.6 Å². The predicted molar refractivity (Wildman–Crippen MR) is 53.8 cm³/mol. The molecule has 0 saturated heterocycles. The molecule has 1 aromatic heterocycles. The minimum absolute atomic E-state index is 0.0498. The minimum atomic E-state index is -0.489. The van der Waals surface area contributed by atoms with Crippen LogP contribution in [0.4, 0.5) is 11.6 Å². The lowest BCUT2D eigenvalue weighted by Gasteiger charge is -1.99. The molecule has 0 aliphatic heterocycles. The zero-order chi connectivity index (χ0) is 11.0. The summed E-state index contributed by atoms with van der Waals surface area (Å²) in [6.45, 7) is 0. The molecule has 0 fully saturated rings. The second-order valence-corrected chi connectivity index (χ2v) is 2.94. The summed E-state index contributed by atoms with van der Waals surface area (Å²) in [5, 5.41) is 11.1. The molecule has 78 valence electrons. The summed E-state index contributed by atoms with van der Waals surface area (Å²) < 4.78 is 10.1. The van der Waals surface area contributed by atoms with Gasteiger partial charge in [0.25, 0.3) is 5.69 Å². The first-order chi connectivity index (χ1) is 7.13. The predicted octanol–water partition coefficient (Wildman–Crippen LogP) is 1.93. The van der Waals surface area contributed by atoms with Crippen LogP contribution in [0.2, 0.25) is 0 Å². The van der Waals surface area contributed by atoms with Crippen LogP contribution in [0.3, 0.4) is 0 Å². The molecule has 0 saturated carbocycles. The van der Waals surface area contributed by atoms with Crippen molar-refractivity contribution in [3.05, 3.63) is 28.3 Å². The van der Waals surface area contributed by atoms with Gasteiger partial charge in [0.15, 0.2) is 17.2 Å². The van der Waals surface area contributed by atoms with Gasteiger partial charge >= 0.3 is 0 Å². The third kappa shape index (κ3) is 1.35. The number of nitrogens with two attached hydrogens (primary N) is 1. The molecule has 0 bridgehead atoms. The molecule has 6 nitrogen and oxygen atoms in total. The Labute approximate surface area is 84.4 Å². The standard InChI is InChI=1S/C9H8N2O4/c1-14-7-3-2-6(11(12)13)5-4-8(10)15-9(5)7/h2-4H,10H2,1H3. The molecule has 2 N–H and O–H groups in total. The molecule has 0 atom stereocenters. The summed E-state index contributed by atoms with van der Waals surface area (Å²) in [6.07, 6.45) is 0. The number of nitrogen functional groups attached to an aromatic ring is 1. The molecule has 2 aromatic rings. The highest BCUT2D eigenvalue weighted by Gasteiger charge is 2.18. The van der Waals surface area contributed by atoms with Gasteiger partial charge in [0.2, 0.25) is 0 Å². The van der Waals surface area contributed by atoms with Gasteiger partial charge in [0.1, 0.15) is 5.39 Å². The largest absolute Gasteiger partial charge is 0.493 e. The second kappa shape index (κ2) is 3.16. The van der Waals surface area contributed by atoms with E-state index in [1.54, 1.807) is 0 Å². The van der Waals surface area contributed by atoms with E-state index in [2.05, 4.69) is 0 Å². The van der Waals surface area contributed by atoms with Crippen LogP contribution in [0.1, 0.15) is 0 Å². The highest BCUT2D eigenvalue weighted by molar-refractivity contribution is 5.93. The van der Waals surface area contributed by atoms with Crippen molar-refractivity contribution < 1.29 is 14.1 Å². The zero-order valence-electron chi connectivity index (χ0n) is 7.89. The van der Waals surface area contributed by atoms with Crippen molar-refractivity contribution in [2.75, 3.05) is 12.8 Å². The fourth-order valence-electron chi connectivity index (χ4n) is 1.42. The Balaban J connectivity index is 2.82. The van der Waals surface area contributed by atoms with E-state index in [4.69, 9.17) is 14.9 Å². The van der Waals surface area contributed by atoms with Gasteiger partial charge in [-0.2, -0.15) is 0 Å². The van der Waals surface area contributed by atoms with Crippen LogP contribution in [-0.4, -0.2) is 12.0 Å². The molecule has 1 heterocycles. The number of ether oxygens (including phenoxy) is 1. The van der Waals surface area contributed by atoms with Crippen molar-refractivity contribution in [2.24, 2.45) is 0 Å². The molecule has 6 heteroatoms. The van der Waals surface area contributed by atoms with Crippen LogP contribution < -0.4 is 10.5 Å². The average Bonchev–Trinajstić information content (AvgIpc) is 2.56. The zero-order valence-corrected chi connectivity index (χ0v) is 7.89. The van der Waals surface area contributed by atoms with Gasteiger partial charge in [-0.25, -0.2) is 0 Å². The summed E-state index contributed by atoms with van der Waals surface area (Å²) in [5.41, 5.74) is 5.68. The van der Waals surface area contributed by atoms with Gasteiger partial charge in [0, 0.05) is 12.1 Å². The maximum Gasteiger partial charge on any atom is 0.280 e. The van der Waals surface area contributed by atoms with E-state index in [9.17, 15) is 10.1 Å². The Kier molecular flexibility index (Phi) is 1.96. The maximum absolute atomic E-state index is 10.7. The Morgan fingerprint density at radius 2 is 2.27 bits per heavy atom. The lowest BCUT2D eigenvalue weighted by molar-refractivity contribution is -0.383. The molecular weight excluding hydrogens is 200 g/mol. The van der Waals surface area contributed by atoms with Crippen molar-refractivity contribution in [3.63, 3.8) is 0 Å². The summed E-state index contributed by atoms with van der Waals surface area (Å²) >= 11 is 0. The Bertz CT molecular complexity index is 532. The van der Waals surface area contributed by atoms with Crippen LogP contribution in [-0.2, 0) is 0 Å². The summed E-state index contributed by atoms with van der Waals surface area (Å²) in [7, 11) is 1.46. The molecule has 0 radical (unpaired) electrons. The van der Waals surface area contributed by atoms with E-state index in [1.165, 1.54) is 25.3 Å². The van der Waals surface area contributed by atoms with Crippen LogP contribution in [0.25, 0.3) is 11.0 Å². The van der Waals surface area contributed by atoms with Gasteiger partial charge in [-0.1, -0.05) is 0 Å². The number of hydrogen-bond acceptors (Lipinski definition) is 5. The lowest BCUT2D eigenvalue weighted by atomic mass is 10.2. The van der Waals surface area contributed by atoms with Crippen molar-refractivity contribution in [1.29, 1.82) is 0 Å². The van der Waals surface area contributed by atoms with Crippen molar-refractivity contribution in [2.45, 2.75) is 0 Å². The number of furan rings is 1. The SMILES string of the molecule is COc1ccc([N+](=O)[O-])c2cc(N)oc12. The highest BCUT2D eigenvalue weighted by Crippen LogP contribution is 2.35. The molecular formula is C9H8N2O4. The lowest BCUT2D eigenvalue weighted by Crippen LogP contribution is -1.90. The number of methoxy groups -OCH3 is 1.